The third-order valence-electron chi connectivity index (χ3n) is 6.38. The van der Waals surface area contributed by atoms with Crippen LogP contribution in [0.1, 0.15) is 29.0 Å². The van der Waals surface area contributed by atoms with Gasteiger partial charge in [0.15, 0.2) is 6.10 Å². The molecular formula is C29H28N2O4S3. The van der Waals surface area contributed by atoms with Crippen LogP contribution in [0, 0.1) is 0 Å². The second kappa shape index (κ2) is 12.2. The molecule has 2 aromatic carbocycles. The van der Waals surface area contributed by atoms with Crippen LogP contribution in [0.25, 0.3) is 0 Å². The van der Waals surface area contributed by atoms with Crippen molar-refractivity contribution in [3.05, 3.63) is 105 Å². The van der Waals surface area contributed by atoms with Gasteiger partial charge in [-0.2, -0.15) is 11.8 Å². The summed E-state index contributed by atoms with van der Waals surface area (Å²) in [6.45, 7) is 2.07. The number of nitrogens with one attached hydrogen (secondary N) is 1. The molecule has 0 radical (unpaired) electrons. The van der Waals surface area contributed by atoms with Crippen molar-refractivity contribution in [2.24, 2.45) is 0 Å². The second-order valence-corrected chi connectivity index (χ2v) is 12.3. The monoisotopic (exact) mass is 564 g/mol. The van der Waals surface area contributed by atoms with Crippen LogP contribution in [0.2, 0.25) is 0 Å². The number of fused-ring (bicyclic) bond motifs is 1. The molecule has 3 aromatic rings. The Hall–Kier alpha value is -3.01. The zero-order chi connectivity index (χ0) is 26.5. The fraction of sp³-hybridized carbons (Fsp3) is 0.276. The van der Waals surface area contributed by atoms with Crippen molar-refractivity contribution < 1.29 is 19.1 Å². The number of thiophene rings is 1. The van der Waals surface area contributed by atoms with Crippen molar-refractivity contribution in [2.45, 2.75) is 30.9 Å². The Labute approximate surface area is 234 Å². The lowest BCUT2D eigenvalue weighted by Crippen LogP contribution is -2.70. The summed E-state index contributed by atoms with van der Waals surface area (Å²) in [5.41, 5.74) is 2.92. The summed E-state index contributed by atoms with van der Waals surface area (Å²) in [5.74, 6) is 1.15. The molecule has 2 atom stereocenters. The van der Waals surface area contributed by atoms with Crippen molar-refractivity contribution in [3.63, 3.8) is 0 Å². The zero-order valence-corrected chi connectivity index (χ0v) is 23.3. The number of esters is 1. The fourth-order valence-electron chi connectivity index (χ4n) is 4.55. The van der Waals surface area contributed by atoms with E-state index in [-0.39, 0.29) is 23.6 Å². The van der Waals surface area contributed by atoms with E-state index in [1.165, 1.54) is 16.2 Å². The highest BCUT2D eigenvalue weighted by atomic mass is 32.2. The fourth-order valence-corrected chi connectivity index (χ4v) is 7.42. The SMILES string of the molecule is CCSCC1=C(C(=O)OC(c2ccccc2)c2ccccc2)N2C(=O)[C@@H](NC(=O)Cc3cccs3)[C@H]2SC1. The van der Waals surface area contributed by atoms with Crippen LogP contribution in [-0.4, -0.2) is 51.4 Å². The molecule has 1 saturated heterocycles. The molecule has 0 aliphatic carbocycles. The van der Waals surface area contributed by atoms with Crippen molar-refractivity contribution >= 4 is 52.6 Å². The van der Waals surface area contributed by atoms with Crippen LogP contribution in [0.3, 0.4) is 0 Å². The predicted octanol–water partition coefficient (Wildman–Crippen LogP) is 5.03. The van der Waals surface area contributed by atoms with E-state index >= 15 is 0 Å². The Morgan fingerprint density at radius 3 is 2.34 bits per heavy atom. The third kappa shape index (κ3) is 5.70. The molecule has 2 aliphatic heterocycles. The maximum absolute atomic E-state index is 13.8. The van der Waals surface area contributed by atoms with Gasteiger partial charge in [0, 0.05) is 16.4 Å². The lowest BCUT2D eigenvalue weighted by Gasteiger charge is -2.50. The van der Waals surface area contributed by atoms with E-state index in [4.69, 9.17) is 4.74 Å². The average Bonchev–Trinajstić information content (AvgIpc) is 3.46. The molecule has 1 fully saturated rings. The van der Waals surface area contributed by atoms with Gasteiger partial charge in [0.2, 0.25) is 5.91 Å². The normalized spacial score (nSPS) is 18.7. The van der Waals surface area contributed by atoms with Gasteiger partial charge in [0.25, 0.3) is 5.91 Å². The molecule has 196 valence electrons. The van der Waals surface area contributed by atoms with Crippen molar-refractivity contribution in [1.82, 2.24) is 10.2 Å². The molecule has 2 aliphatic rings. The van der Waals surface area contributed by atoms with Gasteiger partial charge in [-0.3, -0.25) is 14.5 Å². The number of carbonyl (C=O) groups excluding carboxylic acids is 3. The van der Waals surface area contributed by atoms with Gasteiger partial charge >= 0.3 is 5.97 Å². The Morgan fingerprint density at radius 1 is 1.05 bits per heavy atom. The highest BCUT2D eigenvalue weighted by Gasteiger charge is 2.54. The minimum absolute atomic E-state index is 0.195. The lowest BCUT2D eigenvalue weighted by atomic mass is 10.0. The van der Waals surface area contributed by atoms with Crippen molar-refractivity contribution in [1.29, 1.82) is 0 Å². The van der Waals surface area contributed by atoms with Crippen LogP contribution in [-0.2, 0) is 25.5 Å². The van der Waals surface area contributed by atoms with Gasteiger partial charge < -0.3 is 10.1 Å². The van der Waals surface area contributed by atoms with E-state index in [1.807, 2.05) is 78.2 Å². The minimum Gasteiger partial charge on any atom is -0.448 e. The maximum atomic E-state index is 13.8. The number of rotatable bonds is 10. The molecule has 0 unspecified atom stereocenters. The molecule has 1 N–H and O–H groups in total. The van der Waals surface area contributed by atoms with E-state index in [1.54, 1.807) is 23.5 Å². The molecule has 38 heavy (non-hydrogen) atoms. The van der Waals surface area contributed by atoms with Crippen LogP contribution in [0.15, 0.2) is 89.4 Å². The first-order chi connectivity index (χ1) is 18.6. The van der Waals surface area contributed by atoms with Gasteiger partial charge in [-0.05, 0) is 33.9 Å². The largest absolute Gasteiger partial charge is 0.448 e. The second-order valence-electron chi connectivity index (χ2n) is 8.91. The summed E-state index contributed by atoms with van der Waals surface area (Å²) >= 11 is 4.79. The Morgan fingerprint density at radius 2 is 1.74 bits per heavy atom. The van der Waals surface area contributed by atoms with E-state index < -0.39 is 18.1 Å². The average molecular weight is 565 g/mol. The summed E-state index contributed by atoms with van der Waals surface area (Å²) in [6.07, 6.45) is -0.374. The summed E-state index contributed by atoms with van der Waals surface area (Å²) in [7, 11) is 0. The van der Waals surface area contributed by atoms with Gasteiger partial charge in [-0.25, -0.2) is 4.79 Å². The molecular weight excluding hydrogens is 537 g/mol. The number of carbonyl (C=O) groups is 3. The molecule has 0 bridgehead atoms. The zero-order valence-electron chi connectivity index (χ0n) is 20.9. The van der Waals surface area contributed by atoms with Crippen molar-refractivity contribution in [2.75, 3.05) is 17.3 Å². The molecule has 9 heteroatoms. The van der Waals surface area contributed by atoms with E-state index in [0.29, 0.717) is 17.2 Å². The first-order valence-corrected chi connectivity index (χ1v) is 15.5. The van der Waals surface area contributed by atoms with Crippen LogP contribution >= 0.6 is 34.9 Å². The Kier molecular flexibility index (Phi) is 8.56. The highest BCUT2D eigenvalue weighted by Crippen LogP contribution is 2.42. The molecule has 1 aromatic heterocycles. The number of thioether (sulfide) groups is 2. The van der Waals surface area contributed by atoms with E-state index in [0.717, 1.165) is 27.3 Å². The molecule has 6 nitrogen and oxygen atoms in total. The van der Waals surface area contributed by atoms with E-state index in [2.05, 4.69) is 12.2 Å². The van der Waals surface area contributed by atoms with Gasteiger partial charge in [0.1, 0.15) is 17.1 Å². The first kappa shape index (κ1) is 26.6. The summed E-state index contributed by atoms with van der Waals surface area (Å²) in [6, 6.07) is 22.4. The third-order valence-corrected chi connectivity index (χ3v) is 9.56. The summed E-state index contributed by atoms with van der Waals surface area (Å²) in [4.78, 5) is 42.3. The molecule has 0 saturated carbocycles. The maximum Gasteiger partial charge on any atom is 0.356 e. The number of ether oxygens (including phenoxy) is 1. The van der Waals surface area contributed by atoms with Crippen molar-refractivity contribution in [3.8, 4) is 0 Å². The van der Waals surface area contributed by atoms with Gasteiger partial charge in [-0.15, -0.1) is 23.1 Å². The molecule has 0 spiro atoms. The highest BCUT2D eigenvalue weighted by molar-refractivity contribution is 8.01. The standard InChI is InChI=1S/C29H28N2O4S3/c1-2-36-17-21-18-38-28-24(30-23(32)16-22-14-9-15-37-22)27(33)31(28)25(21)29(34)35-26(19-10-5-3-6-11-19)20-12-7-4-8-13-20/h3-15,24,26,28H,2,16-18H2,1H3,(H,30,32)/t24-,28-/m1/s1. The van der Waals surface area contributed by atoms with Crippen LogP contribution in [0.4, 0.5) is 0 Å². The van der Waals surface area contributed by atoms with E-state index in [9.17, 15) is 14.4 Å². The predicted molar refractivity (Wildman–Crippen MR) is 154 cm³/mol. The molecule has 5 rings (SSSR count). The summed E-state index contributed by atoms with van der Waals surface area (Å²) < 4.78 is 6.16. The molecule has 2 amide bonds. The smallest absolute Gasteiger partial charge is 0.356 e. The van der Waals surface area contributed by atoms with Crippen LogP contribution in [0.5, 0.6) is 0 Å². The van der Waals surface area contributed by atoms with Crippen LogP contribution < -0.4 is 5.32 Å². The summed E-state index contributed by atoms with van der Waals surface area (Å²) in [5, 5.41) is 4.48. The Bertz CT molecular complexity index is 1270. The first-order valence-electron chi connectivity index (χ1n) is 12.4. The number of nitrogens with zero attached hydrogens (tertiary/aromatic N) is 1. The number of hydrogen-bond donors (Lipinski definition) is 1. The topological polar surface area (TPSA) is 75.7 Å². The molecule has 3 heterocycles. The quantitative estimate of drug-likeness (QED) is 0.275. The van der Waals surface area contributed by atoms with Gasteiger partial charge in [0.05, 0.1) is 6.42 Å². The lowest BCUT2D eigenvalue weighted by molar-refractivity contribution is -0.154. The van der Waals surface area contributed by atoms with Gasteiger partial charge in [-0.1, -0.05) is 73.7 Å². The number of amides is 2. The number of hydrogen-bond acceptors (Lipinski definition) is 7. The Balaban J connectivity index is 1.38. The minimum atomic E-state index is -0.658. The number of benzene rings is 2. The number of β-lactam (4-membered cyclic amide) rings is 1.